The van der Waals surface area contributed by atoms with Crippen LogP contribution in [0.2, 0.25) is 0 Å². The molecule has 17 heavy (non-hydrogen) atoms. The first kappa shape index (κ1) is 13.7. The van der Waals surface area contributed by atoms with E-state index in [0.717, 1.165) is 12.8 Å². The Kier molecular flexibility index (Phi) is 7.11. The Bertz CT molecular complexity index is 350. The molecule has 0 fully saturated rings. The normalized spacial score (nSPS) is 9.29. The molecule has 0 unspecified atom stereocenters. The number of aromatic nitrogens is 1. The molecule has 0 saturated carbocycles. The van der Waals surface area contributed by atoms with Crippen LogP contribution in [0.5, 0.6) is 0 Å². The van der Waals surface area contributed by atoms with Crippen molar-refractivity contribution in [1.29, 1.82) is 0 Å². The van der Waals surface area contributed by atoms with Crippen molar-refractivity contribution in [3.63, 3.8) is 0 Å². The molecule has 3 heteroatoms. The van der Waals surface area contributed by atoms with Crippen LogP contribution in [-0.4, -0.2) is 12.0 Å². The van der Waals surface area contributed by atoms with Crippen LogP contribution in [0.4, 0.5) is 0 Å². The Labute approximate surface area is 109 Å². The number of nitrogens with one attached hydrogen (secondary N) is 1. The summed E-state index contributed by atoms with van der Waals surface area (Å²) in [4.78, 5) is 4.00. The van der Waals surface area contributed by atoms with Crippen molar-refractivity contribution in [2.75, 3.05) is 7.05 Å². The number of aryl methyl sites for hydroxylation is 2. The summed E-state index contributed by atoms with van der Waals surface area (Å²) in [5.41, 5.74) is 2.74. The number of pyridine rings is 1. The molecule has 0 aliphatic rings. The van der Waals surface area contributed by atoms with Crippen LogP contribution in [-0.2, 0) is 12.8 Å². The number of thiol groups is 1. The Hall–Kier alpha value is -1.32. The van der Waals surface area contributed by atoms with Gasteiger partial charge >= 0.3 is 0 Å². The van der Waals surface area contributed by atoms with E-state index in [1.54, 1.807) is 7.05 Å². The quantitative estimate of drug-likeness (QED) is 0.814. The van der Waals surface area contributed by atoms with Gasteiger partial charge in [0, 0.05) is 12.4 Å². The summed E-state index contributed by atoms with van der Waals surface area (Å²) in [6.45, 7) is 0. The van der Waals surface area contributed by atoms with Crippen molar-refractivity contribution in [1.82, 2.24) is 9.71 Å². The van der Waals surface area contributed by atoms with Crippen LogP contribution in [0, 0.1) is 0 Å². The second-order valence-electron chi connectivity index (χ2n) is 3.56. The average molecular weight is 246 g/mol. The highest BCUT2D eigenvalue weighted by molar-refractivity contribution is 7.78. The van der Waals surface area contributed by atoms with Gasteiger partial charge in [-0.05, 0) is 43.1 Å². The molecule has 0 spiro atoms. The van der Waals surface area contributed by atoms with Crippen molar-refractivity contribution in [3.8, 4) is 0 Å². The van der Waals surface area contributed by atoms with E-state index in [1.807, 2.05) is 12.4 Å². The van der Waals surface area contributed by atoms with E-state index in [-0.39, 0.29) is 0 Å². The SMILES string of the molecule is CNS.c1ccc(CCc2ccncc2)cc1. The summed E-state index contributed by atoms with van der Waals surface area (Å²) in [6.07, 6.45) is 5.89. The third-order valence-electron chi connectivity index (χ3n) is 2.29. The van der Waals surface area contributed by atoms with E-state index in [0.29, 0.717) is 0 Å². The summed E-state index contributed by atoms with van der Waals surface area (Å²) >= 11 is 3.54. The predicted octanol–water partition coefficient (Wildman–Crippen LogP) is 2.92. The van der Waals surface area contributed by atoms with Gasteiger partial charge in [0.1, 0.15) is 0 Å². The van der Waals surface area contributed by atoms with E-state index >= 15 is 0 Å². The Balaban J connectivity index is 0.000000437. The zero-order valence-electron chi connectivity index (χ0n) is 10.0. The summed E-state index contributed by atoms with van der Waals surface area (Å²) in [7, 11) is 1.74. The number of hydrogen-bond acceptors (Lipinski definition) is 3. The summed E-state index contributed by atoms with van der Waals surface area (Å²) < 4.78 is 2.44. The third kappa shape index (κ3) is 6.09. The Morgan fingerprint density at radius 2 is 1.41 bits per heavy atom. The van der Waals surface area contributed by atoms with Crippen LogP contribution in [0.25, 0.3) is 0 Å². The first-order chi connectivity index (χ1) is 8.36. The molecular formula is C14H18N2S. The lowest BCUT2D eigenvalue weighted by molar-refractivity contribution is 0.955. The van der Waals surface area contributed by atoms with Crippen LogP contribution in [0.3, 0.4) is 0 Å². The first-order valence-electron chi connectivity index (χ1n) is 5.60. The smallest absolute Gasteiger partial charge is 0.0270 e. The molecule has 2 nitrogen and oxygen atoms in total. The van der Waals surface area contributed by atoms with Gasteiger partial charge in [-0.2, -0.15) is 0 Å². The summed E-state index contributed by atoms with van der Waals surface area (Å²) in [5, 5.41) is 0. The molecule has 0 radical (unpaired) electrons. The van der Waals surface area contributed by atoms with Gasteiger partial charge in [-0.3, -0.25) is 9.71 Å². The molecule has 0 aliphatic carbocycles. The molecule has 0 saturated heterocycles. The van der Waals surface area contributed by atoms with Crippen molar-refractivity contribution < 1.29 is 0 Å². The monoisotopic (exact) mass is 246 g/mol. The van der Waals surface area contributed by atoms with Gasteiger partial charge in [0.2, 0.25) is 0 Å². The zero-order valence-corrected chi connectivity index (χ0v) is 10.9. The minimum atomic E-state index is 1.09. The standard InChI is InChI=1S/C13H13N.CH5NS/c1-2-4-12(5-3-1)6-7-13-8-10-14-11-9-13;1-2-3/h1-5,8-11H,6-7H2;2-3H,1H3. The second-order valence-corrected chi connectivity index (χ2v) is 4.01. The molecule has 0 aliphatic heterocycles. The molecule has 0 amide bonds. The minimum Gasteiger partial charge on any atom is -0.270 e. The van der Waals surface area contributed by atoms with Crippen LogP contribution in [0.1, 0.15) is 11.1 Å². The molecule has 0 atom stereocenters. The zero-order chi connectivity index (χ0) is 12.3. The van der Waals surface area contributed by atoms with Crippen molar-refractivity contribution >= 4 is 12.8 Å². The fraction of sp³-hybridized carbons (Fsp3) is 0.214. The fourth-order valence-electron chi connectivity index (χ4n) is 1.48. The van der Waals surface area contributed by atoms with Crippen LogP contribution >= 0.6 is 12.8 Å². The average Bonchev–Trinajstić information content (AvgIpc) is 2.40. The molecular weight excluding hydrogens is 228 g/mol. The van der Waals surface area contributed by atoms with Gasteiger partial charge in [0.15, 0.2) is 0 Å². The van der Waals surface area contributed by atoms with Crippen molar-refractivity contribution in [2.24, 2.45) is 0 Å². The van der Waals surface area contributed by atoms with E-state index in [2.05, 4.69) is 65.0 Å². The van der Waals surface area contributed by atoms with Gasteiger partial charge in [0.05, 0.1) is 0 Å². The van der Waals surface area contributed by atoms with Crippen LogP contribution < -0.4 is 4.72 Å². The van der Waals surface area contributed by atoms with Gasteiger partial charge in [0.25, 0.3) is 0 Å². The number of rotatable bonds is 3. The van der Waals surface area contributed by atoms with Gasteiger partial charge in [-0.25, -0.2) is 0 Å². The maximum absolute atomic E-state index is 4.00. The van der Waals surface area contributed by atoms with E-state index in [9.17, 15) is 0 Å². The maximum Gasteiger partial charge on any atom is 0.0270 e. The molecule has 2 rings (SSSR count). The highest BCUT2D eigenvalue weighted by Gasteiger charge is 1.93. The fourth-order valence-corrected chi connectivity index (χ4v) is 1.48. The van der Waals surface area contributed by atoms with Crippen molar-refractivity contribution in [2.45, 2.75) is 12.8 Å². The number of hydrogen-bond donors (Lipinski definition) is 2. The Morgan fingerprint density at radius 1 is 0.941 bits per heavy atom. The topological polar surface area (TPSA) is 24.9 Å². The van der Waals surface area contributed by atoms with E-state index in [4.69, 9.17) is 0 Å². The van der Waals surface area contributed by atoms with Crippen LogP contribution in [0.15, 0.2) is 54.9 Å². The molecule has 1 aromatic carbocycles. The van der Waals surface area contributed by atoms with Gasteiger partial charge < -0.3 is 0 Å². The molecule has 0 bridgehead atoms. The highest BCUT2D eigenvalue weighted by Crippen LogP contribution is 2.05. The third-order valence-corrected chi connectivity index (χ3v) is 2.29. The molecule has 2 aromatic rings. The first-order valence-corrected chi connectivity index (χ1v) is 6.05. The summed E-state index contributed by atoms with van der Waals surface area (Å²) in [5.74, 6) is 0. The molecule has 1 N–H and O–H groups in total. The lowest BCUT2D eigenvalue weighted by Gasteiger charge is -2.00. The maximum atomic E-state index is 4.00. The van der Waals surface area contributed by atoms with E-state index in [1.165, 1.54) is 11.1 Å². The number of nitrogens with zero attached hydrogens (tertiary/aromatic N) is 1. The second kappa shape index (κ2) is 8.79. The highest BCUT2D eigenvalue weighted by atomic mass is 32.1. The summed E-state index contributed by atoms with van der Waals surface area (Å²) in [6, 6.07) is 14.7. The lowest BCUT2D eigenvalue weighted by Crippen LogP contribution is -1.90. The van der Waals surface area contributed by atoms with Crippen molar-refractivity contribution in [3.05, 3.63) is 66.0 Å². The van der Waals surface area contributed by atoms with Gasteiger partial charge in [-0.15, -0.1) is 0 Å². The minimum absolute atomic E-state index is 1.09. The molecule has 1 heterocycles. The number of benzene rings is 1. The molecule has 90 valence electrons. The lowest BCUT2D eigenvalue weighted by atomic mass is 10.1. The van der Waals surface area contributed by atoms with Gasteiger partial charge in [-0.1, -0.05) is 43.1 Å². The Morgan fingerprint density at radius 3 is 1.94 bits per heavy atom. The predicted molar refractivity (Wildman–Crippen MR) is 76.1 cm³/mol. The largest absolute Gasteiger partial charge is 0.270 e. The molecule has 1 aromatic heterocycles. The van der Waals surface area contributed by atoms with E-state index < -0.39 is 0 Å².